The number of allylic oxidation sites excluding steroid dienone is 8. The fourth-order valence-electron chi connectivity index (χ4n) is 2.35. The fourth-order valence-corrected chi connectivity index (χ4v) is 2.35. The Balaban J connectivity index is 3.48. The Morgan fingerprint density at radius 1 is 1.17 bits per heavy atom. The van der Waals surface area contributed by atoms with Gasteiger partial charge in [0.2, 0.25) is 0 Å². The zero-order valence-corrected chi connectivity index (χ0v) is 14.9. The van der Waals surface area contributed by atoms with Crippen LogP contribution in [-0.4, -0.2) is 0 Å². The molecule has 0 fully saturated rings. The van der Waals surface area contributed by atoms with E-state index in [2.05, 4.69) is 93.0 Å². The van der Waals surface area contributed by atoms with Gasteiger partial charge in [-0.15, -0.1) is 0 Å². The van der Waals surface area contributed by atoms with Crippen molar-refractivity contribution < 1.29 is 0 Å². The van der Waals surface area contributed by atoms with Gasteiger partial charge in [-0.25, -0.2) is 0 Å². The molecule has 0 aliphatic carbocycles. The van der Waals surface area contributed by atoms with E-state index in [-0.39, 0.29) is 0 Å². The minimum Gasteiger partial charge on any atom is -0.314 e. The van der Waals surface area contributed by atoms with Gasteiger partial charge in [-0.3, -0.25) is 0 Å². The monoisotopic (exact) mass is 307 g/mol. The second-order valence-corrected chi connectivity index (χ2v) is 5.41. The van der Waals surface area contributed by atoms with E-state index in [1.807, 2.05) is 19.1 Å². The summed E-state index contributed by atoms with van der Waals surface area (Å²) in [5.74, 6) is 0.457. The Bertz CT molecular complexity index is 588. The van der Waals surface area contributed by atoms with Crippen molar-refractivity contribution in [2.75, 3.05) is 4.90 Å². The highest BCUT2D eigenvalue weighted by atomic mass is 15.2. The minimum absolute atomic E-state index is 0.457. The topological polar surface area (TPSA) is 3.24 Å². The predicted molar refractivity (Wildman–Crippen MR) is 104 cm³/mol. The molecule has 0 radical (unpaired) electrons. The third-order valence-electron chi connectivity index (χ3n) is 3.81. The van der Waals surface area contributed by atoms with Crippen LogP contribution in [-0.2, 0) is 0 Å². The molecule has 1 heteroatoms. The average molecular weight is 307 g/mol. The highest BCUT2D eigenvalue weighted by Gasteiger charge is 2.18. The Kier molecular flexibility index (Phi) is 8.52. The van der Waals surface area contributed by atoms with Gasteiger partial charge in [0.05, 0.1) is 0 Å². The summed E-state index contributed by atoms with van der Waals surface area (Å²) in [6, 6.07) is 10.5. The molecule has 0 unspecified atom stereocenters. The molecule has 0 aliphatic rings. The molecule has 1 aromatic carbocycles. The molecule has 0 heterocycles. The highest BCUT2D eigenvalue weighted by molar-refractivity contribution is 5.61. The molecule has 0 saturated carbocycles. The number of hydrogen-bond acceptors (Lipinski definition) is 1. The number of anilines is 1. The van der Waals surface area contributed by atoms with E-state index in [1.165, 1.54) is 11.4 Å². The van der Waals surface area contributed by atoms with Crippen molar-refractivity contribution in [2.24, 2.45) is 5.92 Å². The molecule has 0 amide bonds. The van der Waals surface area contributed by atoms with Gasteiger partial charge >= 0.3 is 0 Å². The molecule has 0 aliphatic heterocycles. The molecule has 1 aromatic rings. The van der Waals surface area contributed by atoms with Crippen molar-refractivity contribution in [1.29, 1.82) is 0 Å². The van der Waals surface area contributed by atoms with Gasteiger partial charge in [-0.1, -0.05) is 69.0 Å². The number of rotatable bonds is 8. The van der Waals surface area contributed by atoms with Crippen LogP contribution in [0.25, 0.3) is 0 Å². The first-order valence-electron chi connectivity index (χ1n) is 8.33. The number of nitrogens with zero attached hydrogens (tertiary/aromatic N) is 1. The van der Waals surface area contributed by atoms with Crippen LogP contribution in [0, 0.1) is 5.92 Å². The van der Waals surface area contributed by atoms with E-state index >= 15 is 0 Å². The van der Waals surface area contributed by atoms with Crippen LogP contribution < -0.4 is 4.90 Å². The van der Waals surface area contributed by atoms with Crippen molar-refractivity contribution in [1.82, 2.24) is 0 Å². The third kappa shape index (κ3) is 5.45. The Hall–Kier alpha value is -2.28. The molecule has 1 nitrogen and oxygen atoms in total. The lowest BCUT2D eigenvalue weighted by Gasteiger charge is -2.32. The minimum atomic E-state index is 0.457. The molecule has 0 N–H and O–H groups in total. The SMILES string of the molecule is C=C/C=C\C(=C/C)N(/C(=C/C=C\C)[C@H](C)CC)c1ccccc1. The Labute approximate surface area is 142 Å². The van der Waals surface area contributed by atoms with Crippen molar-refractivity contribution in [3.63, 3.8) is 0 Å². The average Bonchev–Trinajstić information content (AvgIpc) is 2.60. The molecule has 1 rings (SSSR count). The molecular formula is C22H29N. The first kappa shape index (κ1) is 18.8. The van der Waals surface area contributed by atoms with Gasteiger partial charge in [0, 0.05) is 17.1 Å². The quantitative estimate of drug-likeness (QED) is 0.486. The summed E-state index contributed by atoms with van der Waals surface area (Å²) < 4.78 is 0. The summed E-state index contributed by atoms with van der Waals surface area (Å²) in [4.78, 5) is 2.33. The van der Waals surface area contributed by atoms with Crippen molar-refractivity contribution in [2.45, 2.75) is 34.1 Å². The number of hydrogen-bond donors (Lipinski definition) is 0. The first-order valence-corrected chi connectivity index (χ1v) is 8.33. The van der Waals surface area contributed by atoms with Crippen molar-refractivity contribution in [3.05, 3.63) is 90.8 Å². The molecule has 0 aromatic heterocycles. The van der Waals surface area contributed by atoms with E-state index in [1.54, 1.807) is 0 Å². The fraction of sp³-hybridized carbons (Fsp3) is 0.273. The standard InChI is InChI=1S/C22H29N/c1-6-10-15-20(9-4)23(21-16-13-12-14-17-21)22(18-11-7-2)19(5)8-3/h6-7,9-19H,1,8H2,2-5H3/b11-7-,15-10-,20-9+,22-18+/t19-/m1/s1. The Morgan fingerprint density at radius 2 is 1.87 bits per heavy atom. The molecule has 0 spiro atoms. The summed E-state index contributed by atoms with van der Waals surface area (Å²) in [5.41, 5.74) is 3.61. The molecule has 0 saturated heterocycles. The van der Waals surface area contributed by atoms with Gasteiger partial charge in [0.15, 0.2) is 0 Å². The molecule has 23 heavy (non-hydrogen) atoms. The normalized spacial score (nSPS) is 14.4. The van der Waals surface area contributed by atoms with Gasteiger partial charge < -0.3 is 4.90 Å². The van der Waals surface area contributed by atoms with Crippen molar-refractivity contribution in [3.8, 4) is 0 Å². The van der Waals surface area contributed by atoms with Gasteiger partial charge in [-0.2, -0.15) is 0 Å². The largest absolute Gasteiger partial charge is 0.314 e. The van der Waals surface area contributed by atoms with Crippen molar-refractivity contribution >= 4 is 5.69 Å². The van der Waals surface area contributed by atoms with E-state index in [4.69, 9.17) is 0 Å². The maximum Gasteiger partial charge on any atom is 0.0458 e. The van der Waals surface area contributed by atoms with E-state index < -0.39 is 0 Å². The lowest BCUT2D eigenvalue weighted by Crippen LogP contribution is -2.25. The van der Waals surface area contributed by atoms with E-state index in [0.717, 1.165) is 12.1 Å². The summed E-state index contributed by atoms with van der Waals surface area (Å²) in [5, 5.41) is 0. The van der Waals surface area contributed by atoms with Crippen LogP contribution >= 0.6 is 0 Å². The van der Waals surface area contributed by atoms with Gasteiger partial charge in [0.1, 0.15) is 0 Å². The summed E-state index contributed by atoms with van der Waals surface area (Å²) in [6.07, 6.45) is 15.5. The molecule has 122 valence electrons. The second-order valence-electron chi connectivity index (χ2n) is 5.41. The van der Waals surface area contributed by atoms with Crippen LogP contribution in [0.15, 0.2) is 90.8 Å². The number of para-hydroxylation sites is 1. The molecule has 1 atom stereocenters. The van der Waals surface area contributed by atoms with Gasteiger partial charge in [0.25, 0.3) is 0 Å². The van der Waals surface area contributed by atoms with Crippen LogP contribution in [0.2, 0.25) is 0 Å². The summed E-state index contributed by atoms with van der Waals surface area (Å²) in [7, 11) is 0. The maximum absolute atomic E-state index is 3.79. The van der Waals surface area contributed by atoms with E-state index in [0.29, 0.717) is 5.92 Å². The second kappa shape index (κ2) is 10.4. The first-order chi connectivity index (χ1) is 11.2. The number of benzene rings is 1. The zero-order valence-electron chi connectivity index (χ0n) is 14.9. The smallest absolute Gasteiger partial charge is 0.0458 e. The van der Waals surface area contributed by atoms with Crippen LogP contribution in [0.4, 0.5) is 5.69 Å². The van der Waals surface area contributed by atoms with E-state index in [9.17, 15) is 0 Å². The lowest BCUT2D eigenvalue weighted by molar-refractivity contribution is 0.637. The summed E-state index contributed by atoms with van der Waals surface area (Å²) in [6.45, 7) is 12.4. The van der Waals surface area contributed by atoms with Gasteiger partial charge in [-0.05, 0) is 50.5 Å². The van der Waals surface area contributed by atoms with Crippen LogP contribution in [0.5, 0.6) is 0 Å². The van der Waals surface area contributed by atoms with Crippen LogP contribution in [0.1, 0.15) is 34.1 Å². The molecular weight excluding hydrogens is 278 g/mol. The third-order valence-corrected chi connectivity index (χ3v) is 3.81. The Morgan fingerprint density at radius 3 is 2.39 bits per heavy atom. The highest BCUT2D eigenvalue weighted by Crippen LogP contribution is 2.30. The predicted octanol–water partition coefficient (Wildman–Crippen LogP) is 6.65. The molecule has 0 bridgehead atoms. The lowest BCUT2D eigenvalue weighted by atomic mass is 10.0. The zero-order chi connectivity index (χ0) is 17.1. The summed E-state index contributed by atoms with van der Waals surface area (Å²) >= 11 is 0. The van der Waals surface area contributed by atoms with Crippen LogP contribution in [0.3, 0.4) is 0 Å². The maximum atomic E-state index is 3.79.